The van der Waals surface area contributed by atoms with E-state index in [2.05, 4.69) is 5.32 Å². The second kappa shape index (κ2) is 4.42. The standard InChI is InChI=1S/C11H15NO2/c13-11(9-5-6-14-8-9)7-12-10-3-1-2-4-10/h5-6,8,10,12H,1-4,7H2. The largest absolute Gasteiger partial charge is 0.472 e. The van der Waals surface area contributed by atoms with E-state index < -0.39 is 0 Å². The molecule has 1 saturated carbocycles. The Kier molecular flexibility index (Phi) is 2.99. The Bertz CT molecular complexity index is 286. The number of rotatable bonds is 4. The number of furan rings is 1. The predicted octanol–water partition coefficient (Wildman–Crippen LogP) is 1.99. The smallest absolute Gasteiger partial charge is 0.179 e. The van der Waals surface area contributed by atoms with Crippen LogP contribution in [0.1, 0.15) is 36.0 Å². The van der Waals surface area contributed by atoms with Crippen molar-refractivity contribution < 1.29 is 9.21 Å². The quantitative estimate of drug-likeness (QED) is 0.743. The van der Waals surface area contributed by atoms with Gasteiger partial charge in [-0.15, -0.1) is 0 Å². The lowest BCUT2D eigenvalue weighted by Gasteiger charge is -2.09. The van der Waals surface area contributed by atoms with Crippen molar-refractivity contribution in [1.29, 1.82) is 0 Å². The van der Waals surface area contributed by atoms with E-state index in [1.54, 1.807) is 6.07 Å². The third-order valence-electron chi connectivity index (χ3n) is 2.75. The predicted molar refractivity (Wildman–Crippen MR) is 53.3 cm³/mol. The molecule has 1 aliphatic carbocycles. The van der Waals surface area contributed by atoms with Gasteiger partial charge in [0.1, 0.15) is 6.26 Å². The van der Waals surface area contributed by atoms with Crippen molar-refractivity contribution in [2.24, 2.45) is 0 Å². The van der Waals surface area contributed by atoms with Gasteiger partial charge in [-0.3, -0.25) is 4.79 Å². The van der Waals surface area contributed by atoms with Gasteiger partial charge in [-0.1, -0.05) is 12.8 Å². The number of nitrogens with one attached hydrogen (secondary N) is 1. The Labute approximate surface area is 83.5 Å². The van der Waals surface area contributed by atoms with Gasteiger partial charge in [-0.2, -0.15) is 0 Å². The van der Waals surface area contributed by atoms with E-state index in [9.17, 15) is 4.79 Å². The summed E-state index contributed by atoms with van der Waals surface area (Å²) in [4.78, 5) is 11.5. The lowest BCUT2D eigenvalue weighted by atomic mass is 10.2. The number of carbonyl (C=O) groups excluding carboxylic acids is 1. The van der Waals surface area contributed by atoms with Crippen LogP contribution in [0.3, 0.4) is 0 Å². The molecule has 0 unspecified atom stereocenters. The lowest BCUT2D eigenvalue weighted by Crippen LogP contribution is -2.31. The molecule has 0 aliphatic heterocycles. The topological polar surface area (TPSA) is 42.2 Å². The number of Topliss-reactive ketones (excluding diaryl/α,β-unsaturated/α-hetero) is 1. The molecule has 1 heterocycles. The van der Waals surface area contributed by atoms with Gasteiger partial charge in [-0.25, -0.2) is 0 Å². The molecule has 0 atom stereocenters. The van der Waals surface area contributed by atoms with Crippen LogP contribution in [0.2, 0.25) is 0 Å². The van der Waals surface area contributed by atoms with Crippen molar-refractivity contribution in [1.82, 2.24) is 5.32 Å². The molecule has 1 aromatic heterocycles. The zero-order valence-electron chi connectivity index (χ0n) is 8.16. The normalized spacial score (nSPS) is 17.4. The average Bonchev–Trinajstić information content (AvgIpc) is 2.87. The van der Waals surface area contributed by atoms with Crippen molar-refractivity contribution in [2.45, 2.75) is 31.7 Å². The van der Waals surface area contributed by atoms with Crippen LogP contribution in [0.5, 0.6) is 0 Å². The fourth-order valence-corrected chi connectivity index (χ4v) is 1.89. The summed E-state index contributed by atoms with van der Waals surface area (Å²) >= 11 is 0. The molecule has 3 nitrogen and oxygen atoms in total. The maximum absolute atomic E-state index is 11.5. The molecule has 0 bridgehead atoms. The minimum atomic E-state index is 0.116. The van der Waals surface area contributed by atoms with Crippen molar-refractivity contribution in [2.75, 3.05) is 6.54 Å². The number of hydrogen-bond acceptors (Lipinski definition) is 3. The van der Waals surface area contributed by atoms with Crippen LogP contribution in [0.25, 0.3) is 0 Å². The molecular formula is C11H15NO2. The maximum atomic E-state index is 11.5. The van der Waals surface area contributed by atoms with E-state index in [1.165, 1.54) is 38.2 Å². The fourth-order valence-electron chi connectivity index (χ4n) is 1.89. The van der Waals surface area contributed by atoms with Crippen molar-refractivity contribution in [3.63, 3.8) is 0 Å². The SMILES string of the molecule is O=C(CNC1CCCC1)c1ccoc1. The van der Waals surface area contributed by atoms with Crippen LogP contribution in [0.4, 0.5) is 0 Å². The minimum Gasteiger partial charge on any atom is -0.472 e. The molecule has 0 amide bonds. The Morgan fingerprint density at radius 2 is 2.29 bits per heavy atom. The monoisotopic (exact) mass is 193 g/mol. The fraction of sp³-hybridized carbons (Fsp3) is 0.545. The summed E-state index contributed by atoms with van der Waals surface area (Å²) in [7, 11) is 0. The van der Waals surface area contributed by atoms with E-state index in [4.69, 9.17) is 4.42 Å². The molecule has 0 aromatic carbocycles. The van der Waals surface area contributed by atoms with E-state index in [1.807, 2.05) is 0 Å². The summed E-state index contributed by atoms with van der Waals surface area (Å²) in [6.07, 6.45) is 8.02. The molecule has 76 valence electrons. The Morgan fingerprint density at radius 1 is 1.50 bits per heavy atom. The zero-order chi connectivity index (χ0) is 9.80. The van der Waals surface area contributed by atoms with Crippen LogP contribution in [0.15, 0.2) is 23.0 Å². The van der Waals surface area contributed by atoms with Crippen molar-refractivity contribution >= 4 is 5.78 Å². The molecule has 1 fully saturated rings. The van der Waals surface area contributed by atoms with Gasteiger partial charge >= 0.3 is 0 Å². The van der Waals surface area contributed by atoms with Gasteiger partial charge in [-0.05, 0) is 18.9 Å². The first-order chi connectivity index (χ1) is 6.86. The molecule has 0 saturated heterocycles. The summed E-state index contributed by atoms with van der Waals surface area (Å²) in [6.45, 7) is 0.435. The van der Waals surface area contributed by atoms with E-state index >= 15 is 0 Å². The van der Waals surface area contributed by atoms with E-state index in [0.717, 1.165) is 0 Å². The first-order valence-electron chi connectivity index (χ1n) is 5.15. The third-order valence-corrected chi connectivity index (χ3v) is 2.75. The molecule has 1 aromatic rings. The van der Waals surface area contributed by atoms with E-state index in [0.29, 0.717) is 18.2 Å². The minimum absolute atomic E-state index is 0.116. The van der Waals surface area contributed by atoms with Gasteiger partial charge in [0, 0.05) is 6.04 Å². The van der Waals surface area contributed by atoms with Crippen LogP contribution in [-0.4, -0.2) is 18.4 Å². The number of carbonyl (C=O) groups is 1. The second-order valence-corrected chi connectivity index (χ2v) is 3.80. The summed E-state index contributed by atoms with van der Waals surface area (Å²) in [5.74, 6) is 0.116. The molecule has 3 heteroatoms. The van der Waals surface area contributed by atoms with Gasteiger partial charge in [0.2, 0.25) is 0 Å². The van der Waals surface area contributed by atoms with Gasteiger partial charge in [0.05, 0.1) is 18.4 Å². The first kappa shape index (κ1) is 9.46. The van der Waals surface area contributed by atoms with Gasteiger partial charge in [0.25, 0.3) is 0 Å². The molecule has 14 heavy (non-hydrogen) atoms. The molecule has 0 radical (unpaired) electrons. The Morgan fingerprint density at radius 3 is 2.93 bits per heavy atom. The van der Waals surface area contributed by atoms with Crippen LogP contribution < -0.4 is 5.32 Å². The van der Waals surface area contributed by atoms with Gasteiger partial charge in [0.15, 0.2) is 5.78 Å². The van der Waals surface area contributed by atoms with Crippen molar-refractivity contribution in [3.05, 3.63) is 24.2 Å². The number of ketones is 1. The summed E-state index contributed by atoms with van der Waals surface area (Å²) in [5.41, 5.74) is 0.662. The highest BCUT2D eigenvalue weighted by atomic mass is 16.3. The first-order valence-corrected chi connectivity index (χ1v) is 5.15. The second-order valence-electron chi connectivity index (χ2n) is 3.80. The lowest BCUT2D eigenvalue weighted by molar-refractivity contribution is 0.0987. The third kappa shape index (κ3) is 2.23. The van der Waals surface area contributed by atoms with Crippen LogP contribution >= 0.6 is 0 Å². The highest BCUT2D eigenvalue weighted by molar-refractivity contribution is 5.97. The van der Waals surface area contributed by atoms with Gasteiger partial charge < -0.3 is 9.73 Å². The molecule has 1 N–H and O–H groups in total. The molecular weight excluding hydrogens is 178 g/mol. The summed E-state index contributed by atoms with van der Waals surface area (Å²) < 4.78 is 4.86. The van der Waals surface area contributed by atoms with Crippen LogP contribution in [-0.2, 0) is 0 Å². The Hall–Kier alpha value is -1.09. The molecule has 2 rings (SSSR count). The molecule has 0 spiro atoms. The summed E-state index contributed by atoms with van der Waals surface area (Å²) in [5, 5.41) is 3.28. The highest BCUT2D eigenvalue weighted by Gasteiger charge is 2.15. The highest BCUT2D eigenvalue weighted by Crippen LogP contribution is 2.17. The average molecular weight is 193 g/mol. The van der Waals surface area contributed by atoms with E-state index in [-0.39, 0.29) is 5.78 Å². The maximum Gasteiger partial charge on any atom is 0.179 e. The summed E-state index contributed by atoms with van der Waals surface area (Å²) in [6, 6.07) is 2.25. The molecule has 1 aliphatic rings. The number of hydrogen-bond donors (Lipinski definition) is 1. The van der Waals surface area contributed by atoms with Crippen molar-refractivity contribution in [3.8, 4) is 0 Å². The van der Waals surface area contributed by atoms with Crippen LogP contribution in [0, 0.1) is 0 Å². The zero-order valence-corrected chi connectivity index (χ0v) is 8.16. The Balaban J connectivity index is 1.78.